The molecule has 0 N–H and O–H groups in total. The Morgan fingerprint density at radius 1 is 1.42 bits per heavy atom. The number of carbonyl (C=O) groups is 1. The van der Waals surface area contributed by atoms with Crippen LogP contribution >= 0.6 is 15.9 Å². The van der Waals surface area contributed by atoms with Crippen LogP contribution in [-0.4, -0.2) is 10.6 Å². The largest absolute Gasteiger partial charge is 0.298 e. The maximum atomic E-state index is 11.9. The van der Waals surface area contributed by atoms with E-state index in [1.54, 1.807) is 0 Å². The molecule has 2 heteroatoms. The van der Waals surface area contributed by atoms with Crippen LogP contribution in [0, 0.1) is 16.7 Å². The van der Waals surface area contributed by atoms with Crippen molar-refractivity contribution in [3.63, 3.8) is 0 Å². The number of halogens is 1. The van der Waals surface area contributed by atoms with Crippen LogP contribution in [0.15, 0.2) is 0 Å². The van der Waals surface area contributed by atoms with Gasteiger partial charge in [0.05, 0.1) is 4.83 Å². The van der Waals surface area contributed by atoms with E-state index in [9.17, 15) is 4.79 Å². The molecule has 0 aromatic rings. The van der Waals surface area contributed by atoms with Crippen molar-refractivity contribution in [3.8, 4) is 0 Å². The fourth-order valence-corrected chi connectivity index (χ4v) is 4.41. The molecule has 0 aliphatic heterocycles. The maximum Gasteiger partial charge on any atom is 0.153 e. The van der Waals surface area contributed by atoms with Gasteiger partial charge in [0.2, 0.25) is 0 Å². The quantitative estimate of drug-likeness (QED) is 0.586. The highest BCUT2D eigenvalue weighted by Crippen LogP contribution is 2.65. The SMILES string of the molecule is CC1(C)[C@@H]2CC[C@@]1(C)C(=O)[C@H]2Br. The Hall–Kier alpha value is 0.150. The Morgan fingerprint density at radius 3 is 2.25 bits per heavy atom. The Balaban J connectivity index is 2.50. The first kappa shape index (κ1) is 8.74. The summed E-state index contributed by atoms with van der Waals surface area (Å²) in [6.07, 6.45) is 2.30. The lowest BCUT2D eigenvalue weighted by atomic mass is 9.70. The molecule has 3 atom stereocenters. The van der Waals surface area contributed by atoms with E-state index < -0.39 is 0 Å². The third-order valence-corrected chi connectivity index (χ3v) is 5.51. The summed E-state index contributed by atoms with van der Waals surface area (Å²) in [5.41, 5.74) is 0.157. The molecule has 2 saturated carbocycles. The predicted molar refractivity (Wildman–Crippen MR) is 52.3 cm³/mol. The van der Waals surface area contributed by atoms with Crippen molar-refractivity contribution in [1.82, 2.24) is 0 Å². The summed E-state index contributed by atoms with van der Waals surface area (Å²) in [6, 6.07) is 0. The first-order chi connectivity index (χ1) is 5.41. The van der Waals surface area contributed by atoms with Crippen molar-refractivity contribution in [1.29, 1.82) is 0 Å². The van der Waals surface area contributed by atoms with Gasteiger partial charge in [0.1, 0.15) is 0 Å². The number of hydrogen-bond acceptors (Lipinski definition) is 1. The first-order valence-corrected chi connectivity index (χ1v) is 5.51. The van der Waals surface area contributed by atoms with Gasteiger partial charge in [-0.1, -0.05) is 36.7 Å². The van der Waals surface area contributed by atoms with Crippen LogP contribution < -0.4 is 0 Å². The molecule has 0 spiro atoms. The van der Waals surface area contributed by atoms with Crippen molar-refractivity contribution in [2.24, 2.45) is 16.7 Å². The van der Waals surface area contributed by atoms with E-state index in [2.05, 4.69) is 36.7 Å². The van der Waals surface area contributed by atoms with E-state index >= 15 is 0 Å². The molecule has 68 valence electrons. The molecule has 0 aromatic carbocycles. The Labute approximate surface area is 82.0 Å². The number of carbonyl (C=O) groups excluding carboxylic acids is 1. The molecule has 2 bridgehead atoms. The summed E-state index contributed by atoms with van der Waals surface area (Å²) in [4.78, 5) is 12.0. The zero-order chi connectivity index (χ0) is 9.15. The van der Waals surface area contributed by atoms with Crippen LogP contribution in [0.3, 0.4) is 0 Å². The third-order valence-electron chi connectivity index (χ3n) is 4.45. The number of alkyl halides is 1. The van der Waals surface area contributed by atoms with E-state index in [-0.39, 0.29) is 15.7 Å². The molecule has 0 aromatic heterocycles. The van der Waals surface area contributed by atoms with Gasteiger partial charge in [-0.05, 0) is 24.2 Å². The summed E-state index contributed by atoms with van der Waals surface area (Å²) < 4.78 is 0. The molecule has 2 rings (SSSR count). The molecule has 0 heterocycles. The van der Waals surface area contributed by atoms with Crippen LogP contribution in [0.25, 0.3) is 0 Å². The summed E-state index contributed by atoms with van der Waals surface area (Å²) in [5.74, 6) is 0.999. The molecule has 0 amide bonds. The van der Waals surface area contributed by atoms with E-state index in [1.165, 1.54) is 6.42 Å². The maximum absolute atomic E-state index is 11.9. The highest BCUT2D eigenvalue weighted by Gasteiger charge is 2.65. The van der Waals surface area contributed by atoms with Gasteiger partial charge >= 0.3 is 0 Å². The van der Waals surface area contributed by atoms with Crippen molar-refractivity contribution in [2.45, 2.75) is 38.4 Å². The molecule has 2 aliphatic carbocycles. The van der Waals surface area contributed by atoms with E-state index in [4.69, 9.17) is 0 Å². The lowest BCUT2D eigenvalue weighted by molar-refractivity contribution is -0.127. The fourth-order valence-electron chi connectivity index (χ4n) is 2.98. The Morgan fingerprint density at radius 2 is 2.00 bits per heavy atom. The predicted octanol–water partition coefficient (Wildman–Crippen LogP) is 2.78. The summed E-state index contributed by atoms with van der Waals surface area (Å²) in [7, 11) is 0. The number of rotatable bonds is 0. The molecular formula is C10H15BrO. The third kappa shape index (κ3) is 0.688. The van der Waals surface area contributed by atoms with Gasteiger partial charge < -0.3 is 0 Å². The van der Waals surface area contributed by atoms with Gasteiger partial charge in [-0.15, -0.1) is 0 Å². The zero-order valence-electron chi connectivity index (χ0n) is 7.86. The van der Waals surface area contributed by atoms with Crippen LogP contribution in [0.1, 0.15) is 33.6 Å². The van der Waals surface area contributed by atoms with Crippen LogP contribution in [0.5, 0.6) is 0 Å². The van der Waals surface area contributed by atoms with Gasteiger partial charge in [0, 0.05) is 5.41 Å². The standard InChI is InChI=1S/C10H15BrO/c1-9(2)6-4-5-10(9,3)8(12)7(6)11/h6-7H,4-5H2,1-3H3/t6-,7+,10+/m1/s1. The molecule has 2 fully saturated rings. The van der Waals surface area contributed by atoms with E-state index in [1.807, 2.05) is 0 Å². The summed E-state index contributed by atoms with van der Waals surface area (Å²) in [5, 5.41) is 0. The number of hydrogen-bond donors (Lipinski definition) is 0. The molecule has 0 radical (unpaired) electrons. The van der Waals surface area contributed by atoms with Crippen molar-refractivity contribution in [3.05, 3.63) is 0 Å². The number of ketones is 1. The van der Waals surface area contributed by atoms with E-state index in [0.29, 0.717) is 11.7 Å². The highest BCUT2D eigenvalue weighted by molar-refractivity contribution is 9.10. The van der Waals surface area contributed by atoms with Crippen LogP contribution in [-0.2, 0) is 4.79 Å². The minimum Gasteiger partial charge on any atom is -0.298 e. The second-order valence-corrected chi connectivity index (χ2v) is 5.95. The first-order valence-electron chi connectivity index (χ1n) is 4.59. The van der Waals surface area contributed by atoms with Crippen molar-refractivity contribution >= 4 is 21.7 Å². The zero-order valence-corrected chi connectivity index (χ0v) is 9.44. The second kappa shape index (κ2) is 2.14. The lowest BCUT2D eigenvalue weighted by Gasteiger charge is -2.32. The molecular weight excluding hydrogens is 216 g/mol. The number of fused-ring (bicyclic) bond motifs is 2. The van der Waals surface area contributed by atoms with Gasteiger partial charge in [-0.3, -0.25) is 4.79 Å². The van der Waals surface area contributed by atoms with Crippen molar-refractivity contribution in [2.75, 3.05) is 0 Å². The van der Waals surface area contributed by atoms with Crippen LogP contribution in [0.4, 0.5) is 0 Å². The Bertz CT molecular complexity index is 246. The average molecular weight is 231 g/mol. The smallest absolute Gasteiger partial charge is 0.153 e. The van der Waals surface area contributed by atoms with Gasteiger partial charge in [0.25, 0.3) is 0 Å². The average Bonchev–Trinajstić information content (AvgIpc) is 2.26. The topological polar surface area (TPSA) is 17.1 Å². The summed E-state index contributed by atoms with van der Waals surface area (Å²) >= 11 is 3.52. The van der Waals surface area contributed by atoms with Gasteiger partial charge in [-0.25, -0.2) is 0 Å². The Kier molecular flexibility index (Phi) is 1.56. The summed E-state index contributed by atoms with van der Waals surface area (Å²) in [6.45, 7) is 6.62. The lowest BCUT2D eigenvalue weighted by Crippen LogP contribution is -2.33. The second-order valence-electron chi connectivity index (χ2n) is 4.96. The normalized spacial score (nSPS) is 50.2. The van der Waals surface area contributed by atoms with Crippen LogP contribution in [0.2, 0.25) is 0 Å². The minimum atomic E-state index is -0.0498. The molecule has 2 aliphatic rings. The highest BCUT2D eigenvalue weighted by atomic mass is 79.9. The molecule has 0 saturated heterocycles. The molecule has 12 heavy (non-hydrogen) atoms. The minimum absolute atomic E-state index is 0.0498. The monoisotopic (exact) mass is 230 g/mol. The molecule has 0 unspecified atom stereocenters. The van der Waals surface area contributed by atoms with Gasteiger partial charge in [0.15, 0.2) is 5.78 Å². The van der Waals surface area contributed by atoms with Crippen molar-refractivity contribution < 1.29 is 4.79 Å². The number of Topliss-reactive ketones (excluding diaryl/α,β-unsaturated/α-hetero) is 1. The van der Waals surface area contributed by atoms with E-state index in [0.717, 1.165) is 6.42 Å². The van der Waals surface area contributed by atoms with Gasteiger partial charge in [-0.2, -0.15) is 0 Å². The fraction of sp³-hybridized carbons (Fsp3) is 0.900. The molecule has 1 nitrogen and oxygen atoms in total.